The van der Waals surface area contributed by atoms with Crippen LogP contribution in [0.25, 0.3) is 0 Å². The van der Waals surface area contributed by atoms with Crippen LogP contribution in [0.5, 0.6) is 5.75 Å². The van der Waals surface area contributed by atoms with Crippen molar-refractivity contribution < 1.29 is 19.6 Å². The van der Waals surface area contributed by atoms with E-state index in [2.05, 4.69) is 24.5 Å². The summed E-state index contributed by atoms with van der Waals surface area (Å²) in [5, 5.41) is 8.62. The van der Waals surface area contributed by atoms with Crippen molar-refractivity contribution in [3.8, 4) is 5.75 Å². The van der Waals surface area contributed by atoms with Crippen LogP contribution in [-0.2, 0) is 17.6 Å². The number of fused-ring (bicyclic) bond motifs is 1. The van der Waals surface area contributed by atoms with Crippen LogP contribution < -0.4 is 20.7 Å². The molecule has 0 fully saturated rings. The highest BCUT2D eigenvalue weighted by molar-refractivity contribution is 7.17. The molecule has 0 unspecified atom stereocenters. The van der Waals surface area contributed by atoms with Gasteiger partial charge < -0.3 is 20.7 Å². The largest absolute Gasteiger partial charge is 0.495 e. The van der Waals surface area contributed by atoms with E-state index in [0.29, 0.717) is 34.5 Å². The molecular formula is C22H30N3O3S+. The lowest BCUT2D eigenvalue weighted by atomic mass is 9.95. The normalized spacial score (nSPS) is 13.1. The second-order valence-electron chi connectivity index (χ2n) is 7.74. The SMILES string of the molecule is COc1ccccc1NC(=O)c1c(NC(=O)C[NH2+]CC(C)C)sc2c1CCCC2. The first kappa shape index (κ1) is 21.3. The second kappa shape index (κ2) is 9.89. The number of hydrogen-bond acceptors (Lipinski definition) is 4. The molecule has 3 rings (SSSR count). The van der Waals surface area contributed by atoms with E-state index in [4.69, 9.17) is 4.74 Å². The molecule has 2 aromatic rings. The number of methoxy groups -OCH3 is 1. The van der Waals surface area contributed by atoms with Gasteiger partial charge in [-0.15, -0.1) is 11.3 Å². The van der Waals surface area contributed by atoms with Gasteiger partial charge in [0.1, 0.15) is 10.8 Å². The van der Waals surface area contributed by atoms with Gasteiger partial charge in [-0.2, -0.15) is 0 Å². The van der Waals surface area contributed by atoms with Crippen LogP contribution >= 0.6 is 11.3 Å². The van der Waals surface area contributed by atoms with E-state index in [-0.39, 0.29) is 11.8 Å². The minimum absolute atomic E-state index is 0.0735. The number of carbonyl (C=O) groups is 2. The van der Waals surface area contributed by atoms with Gasteiger partial charge in [0.05, 0.1) is 24.9 Å². The third-order valence-corrected chi connectivity index (χ3v) is 6.18. The molecule has 29 heavy (non-hydrogen) atoms. The fourth-order valence-corrected chi connectivity index (χ4v) is 4.86. The molecule has 1 aliphatic rings. The van der Waals surface area contributed by atoms with E-state index in [1.54, 1.807) is 18.4 Å². The predicted octanol–water partition coefficient (Wildman–Crippen LogP) is 3.05. The second-order valence-corrected chi connectivity index (χ2v) is 8.85. The standard InChI is InChI=1S/C22H29N3O3S/c1-14(2)12-23-13-19(26)25-22-20(15-8-4-7-11-18(15)29-22)21(27)24-16-9-5-6-10-17(16)28-3/h5-6,9-10,14,23H,4,7-8,11-13H2,1-3H3,(H,24,27)(H,25,26)/p+1. The monoisotopic (exact) mass is 416 g/mol. The predicted molar refractivity (Wildman–Crippen MR) is 117 cm³/mol. The fraction of sp³-hybridized carbons (Fsp3) is 0.455. The zero-order valence-corrected chi connectivity index (χ0v) is 18.2. The van der Waals surface area contributed by atoms with E-state index < -0.39 is 0 Å². The molecule has 0 saturated heterocycles. The molecule has 4 N–H and O–H groups in total. The van der Waals surface area contributed by atoms with E-state index >= 15 is 0 Å². The summed E-state index contributed by atoms with van der Waals surface area (Å²) in [5.41, 5.74) is 2.31. The third-order valence-electron chi connectivity index (χ3n) is 4.97. The van der Waals surface area contributed by atoms with Crippen LogP contribution in [0.15, 0.2) is 24.3 Å². The number of thiophene rings is 1. The number of para-hydroxylation sites is 2. The molecule has 0 spiro atoms. The van der Waals surface area contributed by atoms with E-state index in [0.717, 1.165) is 37.8 Å². The molecule has 0 atom stereocenters. The first-order valence-electron chi connectivity index (χ1n) is 10.2. The van der Waals surface area contributed by atoms with E-state index in [1.807, 2.05) is 29.6 Å². The molecule has 7 heteroatoms. The minimum Gasteiger partial charge on any atom is -0.495 e. The van der Waals surface area contributed by atoms with Gasteiger partial charge in [-0.3, -0.25) is 9.59 Å². The summed E-state index contributed by atoms with van der Waals surface area (Å²) in [6.07, 6.45) is 4.02. The number of hydrogen-bond donors (Lipinski definition) is 3. The number of rotatable bonds is 8. The van der Waals surface area contributed by atoms with Gasteiger partial charge in [-0.05, 0) is 43.4 Å². The minimum atomic E-state index is -0.199. The molecular weight excluding hydrogens is 386 g/mol. The number of carbonyl (C=O) groups excluding carboxylic acids is 2. The zero-order valence-electron chi connectivity index (χ0n) is 17.3. The number of nitrogens with two attached hydrogens (primary N) is 1. The smallest absolute Gasteiger partial charge is 0.280 e. The Labute approximate surface area is 176 Å². The van der Waals surface area contributed by atoms with Crippen LogP contribution in [-0.4, -0.2) is 32.0 Å². The number of amides is 2. The molecule has 1 heterocycles. The van der Waals surface area contributed by atoms with Crippen LogP contribution in [0, 0.1) is 5.92 Å². The maximum Gasteiger partial charge on any atom is 0.280 e. The number of aryl methyl sites for hydroxylation is 1. The molecule has 0 bridgehead atoms. The molecule has 2 amide bonds. The van der Waals surface area contributed by atoms with Crippen LogP contribution in [0.2, 0.25) is 0 Å². The Balaban J connectivity index is 1.81. The summed E-state index contributed by atoms with van der Waals surface area (Å²) >= 11 is 1.54. The highest BCUT2D eigenvalue weighted by atomic mass is 32.1. The van der Waals surface area contributed by atoms with E-state index in [1.165, 1.54) is 4.88 Å². The Morgan fingerprint density at radius 1 is 1.17 bits per heavy atom. The molecule has 0 saturated carbocycles. The lowest BCUT2D eigenvalue weighted by molar-refractivity contribution is -0.648. The lowest BCUT2D eigenvalue weighted by Gasteiger charge is -2.14. The first-order chi connectivity index (χ1) is 14.0. The van der Waals surface area contributed by atoms with E-state index in [9.17, 15) is 9.59 Å². The molecule has 0 radical (unpaired) electrons. The quantitative estimate of drug-likeness (QED) is 0.618. The lowest BCUT2D eigenvalue weighted by Crippen LogP contribution is -2.87. The maximum atomic E-state index is 13.2. The van der Waals surface area contributed by atoms with Crippen molar-refractivity contribution in [2.75, 3.05) is 30.8 Å². The number of nitrogens with one attached hydrogen (secondary N) is 2. The van der Waals surface area contributed by atoms with Crippen molar-refractivity contribution in [1.82, 2.24) is 0 Å². The highest BCUT2D eigenvalue weighted by Gasteiger charge is 2.27. The summed E-state index contributed by atoms with van der Waals surface area (Å²) in [6, 6.07) is 7.34. The summed E-state index contributed by atoms with van der Waals surface area (Å²) < 4.78 is 5.35. The molecule has 1 aromatic carbocycles. The van der Waals surface area contributed by atoms with Gasteiger partial charge in [0.2, 0.25) is 0 Å². The number of anilines is 2. The molecule has 6 nitrogen and oxygen atoms in total. The Morgan fingerprint density at radius 3 is 2.69 bits per heavy atom. The summed E-state index contributed by atoms with van der Waals surface area (Å²) in [6.45, 7) is 5.51. The summed E-state index contributed by atoms with van der Waals surface area (Å²) in [4.78, 5) is 26.9. The topological polar surface area (TPSA) is 84.0 Å². The Morgan fingerprint density at radius 2 is 1.93 bits per heavy atom. The zero-order chi connectivity index (χ0) is 20.8. The van der Waals surface area contributed by atoms with Crippen molar-refractivity contribution >= 4 is 33.8 Å². The van der Waals surface area contributed by atoms with Crippen LogP contribution in [0.1, 0.15) is 47.5 Å². The first-order valence-corrected chi connectivity index (χ1v) is 11.0. The highest BCUT2D eigenvalue weighted by Crippen LogP contribution is 2.39. The average molecular weight is 417 g/mol. The Hall–Kier alpha value is -2.38. The van der Waals surface area contributed by atoms with Crippen molar-refractivity contribution in [2.24, 2.45) is 5.92 Å². The number of ether oxygens (including phenoxy) is 1. The molecule has 1 aromatic heterocycles. The third kappa shape index (κ3) is 5.36. The number of benzene rings is 1. The van der Waals surface area contributed by atoms with Crippen molar-refractivity contribution in [3.05, 3.63) is 40.3 Å². The molecule has 0 aliphatic heterocycles. The number of quaternary nitrogens is 1. The van der Waals surface area contributed by atoms with Gasteiger partial charge in [-0.25, -0.2) is 0 Å². The van der Waals surface area contributed by atoms with Gasteiger partial charge in [0, 0.05) is 10.8 Å². The van der Waals surface area contributed by atoms with Crippen LogP contribution in [0.3, 0.4) is 0 Å². The van der Waals surface area contributed by atoms with Crippen LogP contribution in [0.4, 0.5) is 10.7 Å². The van der Waals surface area contributed by atoms with Gasteiger partial charge >= 0.3 is 0 Å². The van der Waals surface area contributed by atoms with Crippen molar-refractivity contribution in [3.63, 3.8) is 0 Å². The van der Waals surface area contributed by atoms with Crippen molar-refractivity contribution in [1.29, 1.82) is 0 Å². The fourth-order valence-electron chi connectivity index (χ4n) is 3.55. The Bertz CT molecular complexity index is 876. The molecule has 156 valence electrons. The summed E-state index contributed by atoms with van der Waals surface area (Å²) in [5.74, 6) is 0.865. The average Bonchev–Trinajstić information content (AvgIpc) is 3.05. The maximum absolute atomic E-state index is 13.2. The van der Waals surface area contributed by atoms with Gasteiger partial charge in [0.25, 0.3) is 11.8 Å². The Kier molecular flexibility index (Phi) is 7.28. The van der Waals surface area contributed by atoms with Gasteiger partial charge in [0.15, 0.2) is 6.54 Å². The van der Waals surface area contributed by atoms with Crippen molar-refractivity contribution in [2.45, 2.75) is 39.5 Å². The molecule has 1 aliphatic carbocycles. The van der Waals surface area contributed by atoms with Gasteiger partial charge in [-0.1, -0.05) is 26.0 Å². The summed E-state index contributed by atoms with van der Waals surface area (Å²) in [7, 11) is 1.58.